The standard InChI is InChI=1S/C8H8N/c1-2-8-6-4-3-5-7-9-8/h1-7,9H. The van der Waals surface area contributed by atoms with Crippen molar-refractivity contribution in [1.82, 2.24) is 5.32 Å². The van der Waals surface area contributed by atoms with Crippen molar-refractivity contribution in [2.45, 2.75) is 0 Å². The second-order valence-electron chi connectivity index (χ2n) is 1.68. The van der Waals surface area contributed by atoms with Crippen LogP contribution in [0.25, 0.3) is 0 Å². The Kier molecular flexibility index (Phi) is 1.91. The SMILES string of the molecule is [CH]=CC1=CC=CC=CN1. The van der Waals surface area contributed by atoms with E-state index in [1.54, 1.807) is 0 Å². The average molecular weight is 118 g/mol. The Bertz CT molecular complexity index is 185. The lowest BCUT2D eigenvalue weighted by Gasteiger charge is -1.94. The van der Waals surface area contributed by atoms with Crippen molar-refractivity contribution in [2.75, 3.05) is 0 Å². The summed E-state index contributed by atoms with van der Waals surface area (Å²) in [6, 6.07) is 0. The fourth-order valence-corrected chi connectivity index (χ4v) is 0.575. The van der Waals surface area contributed by atoms with E-state index in [4.69, 9.17) is 6.58 Å². The molecule has 0 aromatic heterocycles. The first kappa shape index (κ1) is 5.89. The Balaban J connectivity index is 2.73. The summed E-state index contributed by atoms with van der Waals surface area (Å²) in [5, 5.41) is 2.97. The molecule has 1 N–H and O–H groups in total. The van der Waals surface area contributed by atoms with Gasteiger partial charge in [-0.1, -0.05) is 18.7 Å². The minimum Gasteiger partial charge on any atom is -0.362 e. The van der Waals surface area contributed by atoms with Gasteiger partial charge in [-0.2, -0.15) is 0 Å². The van der Waals surface area contributed by atoms with E-state index in [9.17, 15) is 0 Å². The van der Waals surface area contributed by atoms with Crippen LogP contribution in [0, 0.1) is 6.58 Å². The second-order valence-corrected chi connectivity index (χ2v) is 1.68. The number of nitrogens with one attached hydrogen (secondary N) is 1. The molecule has 0 bridgehead atoms. The third-order valence-corrected chi connectivity index (χ3v) is 1.02. The largest absolute Gasteiger partial charge is 0.362 e. The molecular weight excluding hydrogens is 110 g/mol. The highest BCUT2D eigenvalue weighted by atomic mass is 14.8. The Hall–Kier alpha value is -1.24. The Morgan fingerprint density at radius 3 is 3.00 bits per heavy atom. The van der Waals surface area contributed by atoms with Crippen LogP contribution in [0.2, 0.25) is 0 Å². The van der Waals surface area contributed by atoms with Gasteiger partial charge in [0.25, 0.3) is 0 Å². The first-order chi connectivity index (χ1) is 4.43. The molecule has 0 spiro atoms. The van der Waals surface area contributed by atoms with Gasteiger partial charge in [0.1, 0.15) is 0 Å². The highest BCUT2D eigenvalue weighted by molar-refractivity contribution is 5.26. The van der Waals surface area contributed by atoms with E-state index in [1.165, 1.54) is 6.08 Å². The summed E-state index contributed by atoms with van der Waals surface area (Å²) in [6.45, 7) is 5.25. The van der Waals surface area contributed by atoms with Gasteiger partial charge >= 0.3 is 0 Å². The summed E-state index contributed by atoms with van der Waals surface area (Å²) < 4.78 is 0. The highest BCUT2D eigenvalue weighted by Crippen LogP contribution is 1.94. The summed E-state index contributed by atoms with van der Waals surface area (Å²) >= 11 is 0. The molecule has 1 radical (unpaired) electrons. The quantitative estimate of drug-likeness (QED) is 0.550. The third-order valence-electron chi connectivity index (χ3n) is 1.02. The summed E-state index contributed by atoms with van der Waals surface area (Å²) in [5.41, 5.74) is 0.917. The summed E-state index contributed by atoms with van der Waals surface area (Å²) in [7, 11) is 0. The summed E-state index contributed by atoms with van der Waals surface area (Å²) in [4.78, 5) is 0. The molecule has 1 aliphatic heterocycles. The van der Waals surface area contributed by atoms with Gasteiger partial charge in [-0.25, -0.2) is 0 Å². The van der Waals surface area contributed by atoms with Crippen LogP contribution in [0.4, 0.5) is 0 Å². The van der Waals surface area contributed by atoms with E-state index in [-0.39, 0.29) is 0 Å². The maximum absolute atomic E-state index is 5.25. The maximum atomic E-state index is 5.25. The molecule has 0 aromatic carbocycles. The molecule has 0 saturated heterocycles. The molecule has 9 heavy (non-hydrogen) atoms. The first-order valence-corrected chi connectivity index (χ1v) is 2.78. The van der Waals surface area contributed by atoms with Crippen LogP contribution in [0.15, 0.2) is 42.3 Å². The normalized spacial score (nSPS) is 15.8. The van der Waals surface area contributed by atoms with Crippen LogP contribution >= 0.6 is 0 Å². The van der Waals surface area contributed by atoms with E-state index < -0.39 is 0 Å². The van der Waals surface area contributed by atoms with Gasteiger partial charge in [0.15, 0.2) is 0 Å². The lowest BCUT2D eigenvalue weighted by molar-refractivity contribution is 1.12. The number of hydrogen-bond donors (Lipinski definition) is 1. The molecule has 0 atom stereocenters. The second kappa shape index (κ2) is 2.92. The molecule has 1 nitrogen and oxygen atoms in total. The van der Waals surface area contributed by atoms with Crippen molar-refractivity contribution in [2.24, 2.45) is 0 Å². The van der Waals surface area contributed by atoms with Crippen LogP contribution < -0.4 is 5.32 Å². The molecule has 0 aromatic rings. The van der Waals surface area contributed by atoms with E-state index in [1.807, 2.05) is 30.5 Å². The van der Waals surface area contributed by atoms with E-state index >= 15 is 0 Å². The fraction of sp³-hybridized carbons (Fsp3) is 0. The lowest BCUT2D eigenvalue weighted by Crippen LogP contribution is -1.99. The van der Waals surface area contributed by atoms with Crippen molar-refractivity contribution in [3.05, 3.63) is 48.9 Å². The predicted octanol–water partition coefficient (Wildman–Crippen LogP) is 1.53. The fourth-order valence-electron chi connectivity index (χ4n) is 0.575. The van der Waals surface area contributed by atoms with Gasteiger partial charge < -0.3 is 5.32 Å². The predicted molar refractivity (Wildman–Crippen MR) is 38.4 cm³/mol. The Morgan fingerprint density at radius 2 is 2.22 bits per heavy atom. The van der Waals surface area contributed by atoms with Crippen molar-refractivity contribution in [3.8, 4) is 0 Å². The zero-order valence-electron chi connectivity index (χ0n) is 5.04. The molecule has 0 amide bonds. The molecule has 1 heterocycles. The van der Waals surface area contributed by atoms with Gasteiger partial charge in [0, 0.05) is 11.9 Å². The van der Waals surface area contributed by atoms with Crippen LogP contribution in [-0.4, -0.2) is 0 Å². The van der Waals surface area contributed by atoms with Crippen LogP contribution in [0.3, 0.4) is 0 Å². The lowest BCUT2D eigenvalue weighted by atomic mass is 10.4. The van der Waals surface area contributed by atoms with Gasteiger partial charge in [-0.15, -0.1) is 0 Å². The van der Waals surface area contributed by atoms with E-state index in [0.29, 0.717) is 0 Å². The molecule has 1 rings (SSSR count). The molecule has 45 valence electrons. The zero-order chi connectivity index (χ0) is 6.53. The van der Waals surface area contributed by atoms with Gasteiger partial charge in [0.05, 0.1) is 0 Å². The van der Waals surface area contributed by atoms with Crippen LogP contribution in [0.1, 0.15) is 0 Å². The third kappa shape index (κ3) is 1.61. The smallest absolute Gasteiger partial charge is 0.0379 e. The number of hydrogen-bond acceptors (Lipinski definition) is 1. The monoisotopic (exact) mass is 118 g/mol. The van der Waals surface area contributed by atoms with E-state index in [2.05, 4.69) is 5.32 Å². The van der Waals surface area contributed by atoms with E-state index in [0.717, 1.165) is 5.70 Å². The van der Waals surface area contributed by atoms with Gasteiger partial charge in [0.2, 0.25) is 0 Å². The molecular formula is C8H8N. The first-order valence-electron chi connectivity index (χ1n) is 2.78. The highest BCUT2D eigenvalue weighted by Gasteiger charge is 1.83. The topological polar surface area (TPSA) is 12.0 Å². The number of rotatable bonds is 1. The average Bonchev–Trinajstić information content (AvgIpc) is 2.13. The molecule has 0 fully saturated rings. The van der Waals surface area contributed by atoms with Gasteiger partial charge in [-0.3, -0.25) is 0 Å². The summed E-state index contributed by atoms with van der Waals surface area (Å²) in [5.74, 6) is 0. The molecule has 0 saturated carbocycles. The molecule has 1 aliphatic rings. The zero-order valence-corrected chi connectivity index (χ0v) is 5.04. The van der Waals surface area contributed by atoms with Crippen LogP contribution in [0.5, 0.6) is 0 Å². The van der Waals surface area contributed by atoms with Crippen molar-refractivity contribution in [3.63, 3.8) is 0 Å². The Morgan fingerprint density at radius 1 is 1.33 bits per heavy atom. The Labute approximate surface area is 55.1 Å². The van der Waals surface area contributed by atoms with Crippen molar-refractivity contribution >= 4 is 0 Å². The molecule has 0 unspecified atom stereocenters. The minimum absolute atomic E-state index is 0.917. The maximum Gasteiger partial charge on any atom is 0.0379 e. The number of allylic oxidation sites excluding steroid dienone is 5. The molecule has 0 aliphatic carbocycles. The van der Waals surface area contributed by atoms with Crippen LogP contribution in [-0.2, 0) is 0 Å². The van der Waals surface area contributed by atoms with Gasteiger partial charge in [-0.05, 0) is 18.2 Å². The summed E-state index contributed by atoms with van der Waals surface area (Å²) in [6.07, 6.45) is 11.0. The minimum atomic E-state index is 0.917. The van der Waals surface area contributed by atoms with Crippen molar-refractivity contribution < 1.29 is 0 Å². The molecule has 1 heteroatoms. The van der Waals surface area contributed by atoms with Crippen molar-refractivity contribution in [1.29, 1.82) is 0 Å².